The number of alkyl halides is 3. The fraction of sp³-hybridized carbons (Fsp3) is 0.455. The first-order chi connectivity index (χ1) is 7.81. The summed E-state index contributed by atoms with van der Waals surface area (Å²) in [5, 5.41) is 8.79. The van der Waals surface area contributed by atoms with Crippen molar-refractivity contribution in [3.8, 4) is 0 Å². The van der Waals surface area contributed by atoms with Gasteiger partial charge in [-0.3, -0.25) is 0 Å². The molecule has 0 aliphatic heterocycles. The molecule has 0 atom stereocenters. The summed E-state index contributed by atoms with van der Waals surface area (Å²) < 4.78 is 37.1. The average Bonchev–Trinajstić information content (AvgIpc) is 2.13. The zero-order valence-electron chi connectivity index (χ0n) is 9.46. The second-order valence-corrected chi connectivity index (χ2v) is 3.86. The van der Waals surface area contributed by atoms with Crippen LogP contribution in [0.25, 0.3) is 0 Å². The highest BCUT2D eigenvalue weighted by atomic mass is 19.4. The van der Waals surface area contributed by atoms with Crippen LogP contribution in [0.2, 0.25) is 0 Å². The zero-order chi connectivity index (χ0) is 13.1. The van der Waals surface area contributed by atoms with Gasteiger partial charge in [0.05, 0.1) is 6.61 Å². The molecule has 1 rings (SSSR count). The van der Waals surface area contributed by atoms with Crippen LogP contribution in [0, 0.1) is 6.92 Å². The van der Waals surface area contributed by atoms with Gasteiger partial charge in [-0.05, 0) is 30.7 Å². The van der Waals surface area contributed by atoms with Crippen molar-refractivity contribution in [1.29, 1.82) is 0 Å². The van der Waals surface area contributed by atoms with E-state index in [1.807, 2.05) is 0 Å². The van der Waals surface area contributed by atoms with E-state index in [0.29, 0.717) is 11.4 Å². The fourth-order valence-electron chi connectivity index (χ4n) is 1.61. The number of aryl methyl sites for hydroxylation is 1. The molecular formula is C11H15F3N2O. The molecule has 17 heavy (non-hydrogen) atoms. The molecule has 0 heterocycles. The second kappa shape index (κ2) is 5.27. The number of rotatable bonds is 4. The lowest BCUT2D eigenvalue weighted by Gasteiger charge is -2.25. The molecule has 0 unspecified atom stereocenters. The van der Waals surface area contributed by atoms with Gasteiger partial charge in [0, 0.05) is 17.9 Å². The van der Waals surface area contributed by atoms with Crippen molar-refractivity contribution < 1.29 is 18.3 Å². The number of nitrogen functional groups attached to an aromatic ring is 1. The van der Waals surface area contributed by atoms with Gasteiger partial charge in [-0.1, -0.05) is 0 Å². The topological polar surface area (TPSA) is 49.5 Å². The van der Waals surface area contributed by atoms with E-state index in [2.05, 4.69) is 0 Å². The molecule has 0 spiro atoms. The van der Waals surface area contributed by atoms with Crippen LogP contribution in [0.4, 0.5) is 24.5 Å². The summed E-state index contributed by atoms with van der Waals surface area (Å²) in [6.45, 7) is 0.230. The second-order valence-electron chi connectivity index (χ2n) is 3.86. The maximum Gasteiger partial charge on any atom is 0.405 e. The van der Waals surface area contributed by atoms with Gasteiger partial charge in [0.1, 0.15) is 6.54 Å². The van der Waals surface area contributed by atoms with Crippen molar-refractivity contribution in [1.82, 2.24) is 0 Å². The molecule has 96 valence electrons. The molecule has 0 fully saturated rings. The Hall–Kier alpha value is -1.43. The Morgan fingerprint density at radius 1 is 1.29 bits per heavy atom. The van der Waals surface area contributed by atoms with Gasteiger partial charge in [-0.25, -0.2) is 0 Å². The summed E-state index contributed by atoms with van der Waals surface area (Å²) in [4.78, 5) is 1.06. The minimum absolute atomic E-state index is 0.0809. The van der Waals surface area contributed by atoms with Gasteiger partial charge in [0.15, 0.2) is 0 Å². The number of aliphatic hydroxyl groups is 1. The van der Waals surface area contributed by atoms with Gasteiger partial charge >= 0.3 is 6.18 Å². The molecule has 0 aliphatic carbocycles. The van der Waals surface area contributed by atoms with Gasteiger partial charge in [-0.2, -0.15) is 13.2 Å². The molecule has 0 amide bonds. The Morgan fingerprint density at radius 2 is 1.94 bits per heavy atom. The van der Waals surface area contributed by atoms with Crippen LogP contribution in [-0.2, 0) is 0 Å². The van der Waals surface area contributed by atoms with Crippen LogP contribution in [0.5, 0.6) is 0 Å². The molecule has 0 bridgehead atoms. The molecule has 3 N–H and O–H groups in total. The van der Waals surface area contributed by atoms with Crippen LogP contribution < -0.4 is 10.6 Å². The highest BCUT2D eigenvalue weighted by Gasteiger charge is 2.30. The fourth-order valence-corrected chi connectivity index (χ4v) is 1.61. The third kappa shape index (κ3) is 4.52. The largest absolute Gasteiger partial charge is 0.405 e. The average molecular weight is 248 g/mol. The number of halogens is 3. The number of benzene rings is 1. The van der Waals surface area contributed by atoms with E-state index in [-0.39, 0.29) is 13.2 Å². The number of nitrogens with zero attached hydrogens (tertiary/aromatic N) is 1. The number of hydrogen-bond acceptors (Lipinski definition) is 3. The van der Waals surface area contributed by atoms with E-state index in [1.54, 1.807) is 19.1 Å². The maximum atomic E-state index is 12.4. The smallest absolute Gasteiger partial charge is 0.399 e. The summed E-state index contributed by atoms with van der Waals surface area (Å²) >= 11 is 0. The number of anilines is 2. The first-order valence-electron chi connectivity index (χ1n) is 5.11. The molecule has 6 heteroatoms. The van der Waals surface area contributed by atoms with E-state index in [9.17, 15) is 13.2 Å². The molecule has 0 saturated heterocycles. The van der Waals surface area contributed by atoms with Crippen molar-refractivity contribution in [2.75, 3.05) is 30.3 Å². The Labute approximate surface area is 97.6 Å². The Morgan fingerprint density at radius 3 is 2.41 bits per heavy atom. The van der Waals surface area contributed by atoms with E-state index < -0.39 is 12.7 Å². The first kappa shape index (κ1) is 13.6. The lowest BCUT2D eigenvalue weighted by atomic mass is 10.2. The number of hydrogen-bond donors (Lipinski definition) is 2. The molecule has 0 radical (unpaired) electrons. The summed E-state index contributed by atoms with van der Waals surface area (Å²) in [5.74, 6) is 0. The summed E-state index contributed by atoms with van der Waals surface area (Å²) in [6, 6.07) is 4.75. The van der Waals surface area contributed by atoms with E-state index in [1.165, 1.54) is 6.07 Å². The highest BCUT2D eigenvalue weighted by molar-refractivity contribution is 5.58. The SMILES string of the molecule is Cc1cc(N)cc(N(CCO)CC(F)(F)F)c1. The van der Waals surface area contributed by atoms with Crippen molar-refractivity contribution in [3.05, 3.63) is 23.8 Å². The Bertz CT molecular complexity index is 359. The zero-order valence-corrected chi connectivity index (χ0v) is 9.46. The van der Waals surface area contributed by atoms with Crippen LogP contribution in [-0.4, -0.2) is 31.0 Å². The molecule has 1 aromatic rings. The predicted octanol–water partition coefficient (Wildman–Crippen LogP) is 1.94. The number of aliphatic hydroxyl groups excluding tert-OH is 1. The molecule has 0 saturated carbocycles. The minimum Gasteiger partial charge on any atom is -0.399 e. The Balaban J connectivity index is 2.96. The van der Waals surface area contributed by atoms with Gasteiger partial charge in [-0.15, -0.1) is 0 Å². The van der Waals surface area contributed by atoms with Crippen LogP contribution in [0.15, 0.2) is 18.2 Å². The van der Waals surface area contributed by atoms with Gasteiger partial charge in [0.2, 0.25) is 0 Å². The highest BCUT2D eigenvalue weighted by Crippen LogP contribution is 2.24. The number of nitrogens with two attached hydrogens (primary N) is 1. The maximum absolute atomic E-state index is 12.4. The lowest BCUT2D eigenvalue weighted by molar-refractivity contribution is -0.119. The van der Waals surface area contributed by atoms with Crippen molar-refractivity contribution in [2.45, 2.75) is 13.1 Å². The predicted molar refractivity (Wildman–Crippen MR) is 60.9 cm³/mol. The summed E-state index contributed by atoms with van der Waals surface area (Å²) in [6.07, 6.45) is -4.31. The van der Waals surface area contributed by atoms with Crippen molar-refractivity contribution >= 4 is 11.4 Å². The van der Waals surface area contributed by atoms with E-state index in [4.69, 9.17) is 10.8 Å². The van der Waals surface area contributed by atoms with Gasteiger partial charge in [0.25, 0.3) is 0 Å². The third-order valence-electron chi connectivity index (χ3n) is 2.19. The van der Waals surface area contributed by atoms with Crippen LogP contribution in [0.1, 0.15) is 5.56 Å². The standard InChI is InChI=1S/C11H15F3N2O/c1-8-4-9(15)6-10(5-8)16(2-3-17)7-11(12,13)14/h4-6,17H,2-3,7,15H2,1H3. The van der Waals surface area contributed by atoms with Crippen LogP contribution >= 0.6 is 0 Å². The molecule has 0 aromatic heterocycles. The van der Waals surface area contributed by atoms with E-state index >= 15 is 0 Å². The quantitative estimate of drug-likeness (QED) is 0.800. The van der Waals surface area contributed by atoms with Crippen molar-refractivity contribution in [3.63, 3.8) is 0 Å². The summed E-state index contributed by atoms with van der Waals surface area (Å²) in [5.41, 5.74) is 7.15. The third-order valence-corrected chi connectivity index (χ3v) is 2.19. The first-order valence-corrected chi connectivity index (χ1v) is 5.11. The molecule has 3 nitrogen and oxygen atoms in total. The minimum atomic E-state index is -4.31. The molecular weight excluding hydrogens is 233 g/mol. The lowest BCUT2D eigenvalue weighted by Crippen LogP contribution is -2.36. The summed E-state index contributed by atoms with van der Waals surface area (Å²) in [7, 11) is 0. The Kier molecular flexibility index (Phi) is 4.22. The van der Waals surface area contributed by atoms with Crippen LogP contribution in [0.3, 0.4) is 0 Å². The van der Waals surface area contributed by atoms with Crippen molar-refractivity contribution in [2.24, 2.45) is 0 Å². The molecule has 1 aromatic carbocycles. The van der Waals surface area contributed by atoms with E-state index in [0.717, 1.165) is 10.5 Å². The molecule has 0 aliphatic rings. The monoisotopic (exact) mass is 248 g/mol. The van der Waals surface area contributed by atoms with Gasteiger partial charge < -0.3 is 15.7 Å². The normalized spacial score (nSPS) is 11.6.